The zero-order valence-electron chi connectivity index (χ0n) is 9.16. The summed E-state index contributed by atoms with van der Waals surface area (Å²) in [5.41, 5.74) is 5.76. The molecule has 0 aliphatic rings. The Kier molecular flexibility index (Phi) is 5.74. The summed E-state index contributed by atoms with van der Waals surface area (Å²) < 4.78 is 15.9. The highest BCUT2D eigenvalue weighted by molar-refractivity contribution is 6.60. The zero-order valence-corrected chi connectivity index (χ0v) is 10.2. The van der Waals surface area contributed by atoms with E-state index in [4.69, 9.17) is 19.0 Å². The minimum Gasteiger partial charge on any atom is -0.377 e. The van der Waals surface area contributed by atoms with E-state index in [1.807, 2.05) is 6.92 Å². The molecule has 0 heterocycles. The van der Waals surface area contributed by atoms with Crippen molar-refractivity contribution in [3.05, 3.63) is 0 Å². The molecule has 0 saturated heterocycles. The Bertz CT molecular complexity index is 131. The third kappa shape index (κ3) is 3.74. The van der Waals surface area contributed by atoms with Gasteiger partial charge in [0.05, 0.1) is 0 Å². The van der Waals surface area contributed by atoms with Crippen LogP contribution in [-0.4, -0.2) is 36.2 Å². The lowest BCUT2D eigenvalue weighted by molar-refractivity contribution is 0.117. The molecule has 0 spiro atoms. The average Bonchev–Trinajstić information content (AvgIpc) is 2.14. The minimum atomic E-state index is -2.42. The first-order valence-corrected chi connectivity index (χ1v) is 6.35. The molecule has 0 radical (unpaired) electrons. The summed E-state index contributed by atoms with van der Waals surface area (Å²) in [5, 5.41) is 0. The molecule has 0 bridgehead atoms. The van der Waals surface area contributed by atoms with Crippen LogP contribution in [0.1, 0.15) is 13.8 Å². The molecule has 0 aromatic heterocycles. The van der Waals surface area contributed by atoms with Crippen LogP contribution in [0.3, 0.4) is 0 Å². The van der Waals surface area contributed by atoms with E-state index in [-0.39, 0.29) is 6.04 Å². The second-order valence-electron chi connectivity index (χ2n) is 3.34. The third-order valence-electron chi connectivity index (χ3n) is 2.40. The lowest BCUT2D eigenvalue weighted by Crippen LogP contribution is -2.46. The van der Waals surface area contributed by atoms with Gasteiger partial charge in [0.25, 0.3) is 0 Å². The molecule has 2 atom stereocenters. The molecule has 0 aromatic carbocycles. The Morgan fingerprint density at radius 2 is 1.46 bits per heavy atom. The molecule has 2 N–H and O–H groups in total. The highest BCUT2D eigenvalue weighted by atomic mass is 28.4. The Balaban J connectivity index is 4.24. The fraction of sp³-hybridized carbons (Fsp3) is 1.00. The number of hydrogen-bond donors (Lipinski definition) is 1. The van der Waals surface area contributed by atoms with Crippen molar-refractivity contribution in [2.24, 2.45) is 11.7 Å². The van der Waals surface area contributed by atoms with Gasteiger partial charge in [-0.05, 0) is 12.8 Å². The molecule has 0 aromatic rings. The number of nitrogens with two attached hydrogens (primary N) is 1. The first-order chi connectivity index (χ1) is 6.01. The quantitative estimate of drug-likeness (QED) is 0.656. The molecule has 0 fully saturated rings. The van der Waals surface area contributed by atoms with Crippen molar-refractivity contribution in [1.82, 2.24) is 0 Å². The van der Waals surface area contributed by atoms with Crippen LogP contribution in [0.4, 0.5) is 0 Å². The largest absolute Gasteiger partial charge is 0.500 e. The lowest BCUT2D eigenvalue weighted by Gasteiger charge is -2.28. The Hall–Kier alpha value is 0.0569. The predicted octanol–water partition coefficient (Wildman–Crippen LogP) is 0.848. The van der Waals surface area contributed by atoms with E-state index >= 15 is 0 Å². The van der Waals surface area contributed by atoms with Gasteiger partial charge < -0.3 is 19.0 Å². The van der Waals surface area contributed by atoms with Gasteiger partial charge in [0.15, 0.2) is 0 Å². The van der Waals surface area contributed by atoms with Gasteiger partial charge in [0, 0.05) is 33.4 Å². The maximum atomic E-state index is 5.76. The van der Waals surface area contributed by atoms with Gasteiger partial charge in [0.1, 0.15) is 0 Å². The normalized spacial score (nSPS) is 17.1. The van der Waals surface area contributed by atoms with E-state index < -0.39 is 8.80 Å². The van der Waals surface area contributed by atoms with Crippen molar-refractivity contribution >= 4 is 8.80 Å². The van der Waals surface area contributed by atoms with E-state index in [1.54, 1.807) is 21.3 Å². The zero-order chi connectivity index (χ0) is 10.5. The Morgan fingerprint density at radius 1 is 1.08 bits per heavy atom. The van der Waals surface area contributed by atoms with Crippen molar-refractivity contribution in [3.63, 3.8) is 0 Å². The highest BCUT2D eigenvalue weighted by Crippen LogP contribution is 2.20. The van der Waals surface area contributed by atoms with Crippen LogP contribution in [0.2, 0.25) is 6.04 Å². The first-order valence-electron chi connectivity index (χ1n) is 4.42. The van der Waals surface area contributed by atoms with Crippen LogP contribution in [0.25, 0.3) is 0 Å². The number of rotatable bonds is 6. The Labute approximate surface area is 81.7 Å². The van der Waals surface area contributed by atoms with Gasteiger partial charge in [-0.3, -0.25) is 0 Å². The molecule has 0 aliphatic heterocycles. The van der Waals surface area contributed by atoms with E-state index in [2.05, 4.69) is 6.92 Å². The fourth-order valence-electron chi connectivity index (χ4n) is 1.08. The second-order valence-corrected chi connectivity index (χ2v) is 6.33. The molecule has 13 heavy (non-hydrogen) atoms. The smallest absolute Gasteiger partial charge is 0.377 e. The molecule has 4 nitrogen and oxygen atoms in total. The summed E-state index contributed by atoms with van der Waals surface area (Å²) in [6.45, 7) is 4.05. The van der Waals surface area contributed by atoms with Crippen LogP contribution in [-0.2, 0) is 13.3 Å². The Morgan fingerprint density at radius 3 is 1.69 bits per heavy atom. The van der Waals surface area contributed by atoms with E-state index in [9.17, 15) is 0 Å². The average molecular weight is 207 g/mol. The summed E-state index contributed by atoms with van der Waals surface area (Å²) in [6, 6.07) is 0.890. The molecule has 0 saturated carbocycles. The van der Waals surface area contributed by atoms with Crippen LogP contribution >= 0.6 is 0 Å². The lowest BCUT2D eigenvalue weighted by atomic mass is 10.1. The van der Waals surface area contributed by atoms with Crippen molar-refractivity contribution in [2.75, 3.05) is 21.3 Å². The molecule has 2 unspecified atom stereocenters. The minimum absolute atomic E-state index is 0.132. The van der Waals surface area contributed by atoms with Crippen molar-refractivity contribution in [1.29, 1.82) is 0 Å². The highest BCUT2D eigenvalue weighted by Gasteiger charge is 2.39. The molecule has 0 rings (SSSR count). The van der Waals surface area contributed by atoms with Crippen LogP contribution in [0.15, 0.2) is 0 Å². The molecule has 0 aliphatic carbocycles. The maximum absolute atomic E-state index is 5.76. The summed E-state index contributed by atoms with van der Waals surface area (Å²) in [7, 11) is 2.43. The monoisotopic (exact) mass is 207 g/mol. The van der Waals surface area contributed by atoms with Gasteiger partial charge in [-0.2, -0.15) is 0 Å². The molecule has 80 valence electrons. The van der Waals surface area contributed by atoms with Gasteiger partial charge >= 0.3 is 8.80 Å². The first kappa shape index (κ1) is 13.1. The summed E-state index contributed by atoms with van der Waals surface area (Å²) in [4.78, 5) is 0. The topological polar surface area (TPSA) is 53.7 Å². The number of hydrogen-bond acceptors (Lipinski definition) is 4. The maximum Gasteiger partial charge on any atom is 0.500 e. The van der Waals surface area contributed by atoms with E-state index in [0.717, 1.165) is 6.04 Å². The predicted molar refractivity (Wildman–Crippen MR) is 54.4 cm³/mol. The molecule has 5 heteroatoms. The van der Waals surface area contributed by atoms with Crippen molar-refractivity contribution < 1.29 is 13.3 Å². The van der Waals surface area contributed by atoms with Gasteiger partial charge in [-0.15, -0.1) is 0 Å². The summed E-state index contributed by atoms with van der Waals surface area (Å²) in [5.74, 6) is 0.339. The molecule has 0 amide bonds. The summed E-state index contributed by atoms with van der Waals surface area (Å²) >= 11 is 0. The molecular formula is C8H21NO3Si. The molecular weight excluding hydrogens is 186 g/mol. The summed E-state index contributed by atoms with van der Waals surface area (Å²) in [6.07, 6.45) is 0. The van der Waals surface area contributed by atoms with Gasteiger partial charge in [0.2, 0.25) is 0 Å². The van der Waals surface area contributed by atoms with Crippen LogP contribution < -0.4 is 5.73 Å². The van der Waals surface area contributed by atoms with Gasteiger partial charge in [-0.25, -0.2) is 0 Å². The van der Waals surface area contributed by atoms with E-state index in [1.165, 1.54) is 0 Å². The van der Waals surface area contributed by atoms with E-state index in [0.29, 0.717) is 5.92 Å². The SMILES string of the molecule is CO[Si](CC(C)C(C)N)(OC)OC. The van der Waals surface area contributed by atoms with Crippen LogP contribution in [0, 0.1) is 5.92 Å². The standard InChI is InChI=1S/C8H21NO3Si/c1-7(8(2)9)6-13(10-3,11-4)12-5/h7-8H,6,9H2,1-5H3. The fourth-order valence-corrected chi connectivity index (χ4v) is 3.24. The van der Waals surface area contributed by atoms with Crippen LogP contribution in [0.5, 0.6) is 0 Å². The van der Waals surface area contributed by atoms with Crippen molar-refractivity contribution in [3.8, 4) is 0 Å². The second kappa shape index (κ2) is 5.72. The van der Waals surface area contributed by atoms with Crippen molar-refractivity contribution in [2.45, 2.75) is 25.9 Å². The third-order valence-corrected chi connectivity index (χ3v) is 5.41. The van der Waals surface area contributed by atoms with Gasteiger partial charge in [-0.1, -0.05) is 6.92 Å².